The zero-order valence-corrected chi connectivity index (χ0v) is 15.6. The zero-order valence-electron chi connectivity index (χ0n) is 15.6. The molecule has 1 aromatic heterocycles. The number of aromatic nitrogens is 1. The van der Waals surface area contributed by atoms with Crippen molar-refractivity contribution >= 4 is 17.8 Å². The molecule has 1 aromatic rings. The van der Waals surface area contributed by atoms with Crippen molar-refractivity contribution in [3.05, 3.63) is 18.5 Å². The van der Waals surface area contributed by atoms with Gasteiger partial charge in [0.1, 0.15) is 24.4 Å². The van der Waals surface area contributed by atoms with Crippen molar-refractivity contribution < 1.29 is 23.9 Å². The summed E-state index contributed by atoms with van der Waals surface area (Å²) in [5.41, 5.74) is -0.219. The highest BCUT2D eigenvalue weighted by atomic mass is 16.6. The van der Waals surface area contributed by atoms with Crippen LogP contribution in [0.15, 0.2) is 18.5 Å². The van der Waals surface area contributed by atoms with Gasteiger partial charge >= 0.3 is 6.09 Å². The number of aromatic amines is 1. The molecule has 0 aliphatic carbocycles. The van der Waals surface area contributed by atoms with E-state index in [1.165, 1.54) is 6.20 Å². The molecule has 2 heterocycles. The van der Waals surface area contributed by atoms with Crippen molar-refractivity contribution in [3.8, 4) is 5.75 Å². The van der Waals surface area contributed by atoms with E-state index in [4.69, 9.17) is 9.47 Å². The highest BCUT2D eigenvalue weighted by molar-refractivity contribution is 5.94. The average Bonchev–Trinajstić information content (AvgIpc) is 3.16. The monoisotopic (exact) mass is 365 g/mol. The Morgan fingerprint density at radius 2 is 2.15 bits per heavy atom. The van der Waals surface area contributed by atoms with Gasteiger partial charge in [-0.05, 0) is 24.3 Å². The van der Waals surface area contributed by atoms with Crippen molar-refractivity contribution in [2.75, 3.05) is 6.61 Å². The van der Waals surface area contributed by atoms with Crippen LogP contribution in [0.3, 0.4) is 0 Å². The number of carbonyl (C=O) groups is 3. The second-order valence-electron chi connectivity index (χ2n) is 7.61. The summed E-state index contributed by atoms with van der Waals surface area (Å²) < 4.78 is 10.5. The maximum Gasteiger partial charge on any atom is 0.413 e. The van der Waals surface area contributed by atoms with Gasteiger partial charge in [0, 0.05) is 12.4 Å². The molecule has 1 aliphatic heterocycles. The fourth-order valence-corrected chi connectivity index (χ4v) is 2.84. The Bertz CT molecular complexity index is 636. The second-order valence-corrected chi connectivity index (χ2v) is 7.61. The summed E-state index contributed by atoms with van der Waals surface area (Å²) in [5.74, 6) is -0.231. The van der Waals surface area contributed by atoms with Gasteiger partial charge in [0.15, 0.2) is 5.78 Å². The largest absolute Gasteiger partial charge is 0.413 e. The van der Waals surface area contributed by atoms with E-state index in [1.807, 2.05) is 27.7 Å². The lowest BCUT2D eigenvalue weighted by Crippen LogP contribution is -2.54. The number of ether oxygens (including phenoxy) is 2. The fraction of sp³-hybridized carbons (Fsp3) is 0.611. The Hall–Kier alpha value is -2.35. The Balaban J connectivity index is 2.04. The molecule has 3 atom stereocenters. The molecule has 8 heteroatoms. The number of amides is 2. The SMILES string of the molecule is CCC1OCC(=O)C1NC(=O)[C@H](CC(C)(C)C)NC(=O)Oc1cc[nH]c1. The topological polar surface area (TPSA) is 110 Å². The van der Waals surface area contributed by atoms with Crippen LogP contribution in [0, 0.1) is 5.41 Å². The van der Waals surface area contributed by atoms with Crippen LogP contribution >= 0.6 is 0 Å². The molecule has 1 saturated heterocycles. The first-order valence-electron chi connectivity index (χ1n) is 8.75. The third-order valence-corrected chi connectivity index (χ3v) is 4.06. The molecule has 144 valence electrons. The first-order chi connectivity index (χ1) is 12.2. The molecular weight excluding hydrogens is 338 g/mol. The maximum atomic E-state index is 12.7. The second kappa shape index (κ2) is 8.35. The predicted octanol–water partition coefficient (Wildman–Crippen LogP) is 1.77. The van der Waals surface area contributed by atoms with E-state index in [9.17, 15) is 14.4 Å². The smallest absolute Gasteiger partial charge is 0.409 e. The van der Waals surface area contributed by atoms with E-state index in [1.54, 1.807) is 12.3 Å². The standard InChI is InChI=1S/C18H27N3O5/c1-5-14-15(13(22)10-25-14)21-16(23)12(8-18(2,3)4)20-17(24)26-11-6-7-19-9-11/h6-7,9,12,14-15,19H,5,8,10H2,1-4H3,(H,20,24)(H,21,23)/t12-,14?,15?/m0/s1. The van der Waals surface area contributed by atoms with E-state index in [-0.39, 0.29) is 23.9 Å². The lowest BCUT2D eigenvalue weighted by atomic mass is 9.87. The fourth-order valence-electron chi connectivity index (χ4n) is 2.84. The highest BCUT2D eigenvalue weighted by Crippen LogP contribution is 2.22. The van der Waals surface area contributed by atoms with E-state index in [2.05, 4.69) is 15.6 Å². The van der Waals surface area contributed by atoms with Crippen LogP contribution < -0.4 is 15.4 Å². The molecule has 1 fully saturated rings. The molecule has 8 nitrogen and oxygen atoms in total. The normalized spacial score (nSPS) is 21.3. The highest BCUT2D eigenvalue weighted by Gasteiger charge is 2.38. The minimum absolute atomic E-state index is 0.00362. The number of carbonyl (C=O) groups excluding carboxylic acids is 3. The molecule has 2 rings (SSSR count). The first-order valence-corrected chi connectivity index (χ1v) is 8.75. The van der Waals surface area contributed by atoms with Crippen LogP contribution in [0.1, 0.15) is 40.5 Å². The number of hydrogen-bond acceptors (Lipinski definition) is 5. The van der Waals surface area contributed by atoms with Gasteiger partial charge in [0.2, 0.25) is 5.91 Å². The van der Waals surface area contributed by atoms with Crippen LogP contribution in [0.2, 0.25) is 0 Å². The molecule has 3 N–H and O–H groups in total. The van der Waals surface area contributed by atoms with Crippen molar-refractivity contribution in [2.24, 2.45) is 5.41 Å². The molecule has 0 bridgehead atoms. The summed E-state index contributed by atoms with van der Waals surface area (Å²) >= 11 is 0. The minimum Gasteiger partial charge on any atom is -0.409 e. The van der Waals surface area contributed by atoms with E-state index in [0.29, 0.717) is 18.6 Å². The van der Waals surface area contributed by atoms with Crippen LogP contribution in [-0.4, -0.2) is 47.6 Å². The van der Waals surface area contributed by atoms with Crippen LogP contribution in [0.5, 0.6) is 5.75 Å². The summed E-state index contributed by atoms with van der Waals surface area (Å²) in [5, 5.41) is 5.32. The van der Waals surface area contributed by atoms with Gasteiger partial charge < -0.3 is 25.1 Å². The lowest BCUT2D eigenvalue weighted by molar-refractivity contribution is -0.128. The quantitative estimate of drug-likeness (QED) is 0.712. The Morgan fingerprint density at radius 3 is 2.73 bits per heavy atom. The molecule has 1 aliphatic rings. The molecule has 26 heavy (non-hydrogen) atoms. The summed E-state index contributed by atoms with van der Waals surface area (Å²) in [4.78, 5) is 39.6. The molecule has 2 amide bonds. The number of ketones is 1. The molecular formula is C18H27N3O5. The molecule has 0 aromatic carbocycles. The maximum absolute atomic E-state index is 12.7. The Morgan fingerprint density at radius 1 is 1.42 bits per heavy atom. The number of nitrogens with one attached hydrogen (secondary N) is 3. The van der Waals surface area contributed by atoms with Crippen molar-refractivity contribution in [1.82, 2.24) is 15.6 Å². The van der Waals surface area contributed by atoms with Gasteiger partial charge in [-0.25, -0.2) is 4.79 Å². The lowest BCUT2D eigenvalue weighted by Gasteiger charge is -2.27. The third kappa shape index (κ3) is 5.59. The number of rotatable bonds is 6. The molecule has 2 unspecified atom stereocenters. The Labute approximate surface area is 153 Å². The van der Waals surface area contributed by atoms with Gasteiger partial charge in [-0.3, -0.25) is 9.59 Å². The van der Waals surface area contributed by atoms with Crippen molar-refractivity contribution in [1.29, 1.82) is 0 Å². The summed E-state index contributed by atoms with van der Waals surface area (Å²) in [6, 6.07) is 0.0866. The number of Topliss-reactive ketones (excluding diaryl/α,β-unsaturated/α-hetero) is 1. The van der Waals surface area contributed by atoms with E-state index >= 15 is 0 Å². The summed E-state index contributed by atoms with van der Waals surface area (Å²) in [6.45, 7) is 7.78. The van der Waals surface area contributed by atoms with Gasteiger partial charge in [0.05, 0.1) is 6.10 Å². The van der Waals surface area contributed by atoms with Crippen molar-refractivity contribution in [3.63, 3.8) is 0 Å². The van der Waals surface area contributed by atoms with E-state index in [0.717, 1.165) is 0 Å². The summed E-state index contributed by atoms with van der Waals surface area (Å²) in [7, 11) is 0. The van der Waals surface area contributed by atoms with Gasteiger partial charge in [-0.1, -0.05) is 27.7 Å². The van der Waals surface area contributed by atoms with Gasteiger partial charge in [0.25, 0.3) is 0 Å². The summed E-state index contributed by atoms with van der Waals surface area (Å²) in [6.07, 6.45) is 3.09. The molecule has 0 saturated carbocycles. The number of H-pyrrole nitrogens is 1. The minimum atomic E-state index is -0.827. The Kier molecular flexibility index (Phi) is 6.42. The van der Waals surface area contributed by atoms with Crippen molar-refractivity contribution in [2.45, 2.75) is 58.7 Å². The average molecular weight is 365 g/mol. The predicted molar refractivity (Wildman–Crippen MR) is 94.8 cm³/mol. The van der Waals surface area contributed by atoms with Crippen LogP contribution in [0.4, 0.5) is 4.79 Å². The molecule has 0 spiro atoms. The first kappa shape index (κ1) is 20.0. The van der Waals surface area contributed by atoms with Crippen LogP contribution in [-0.2, 0) is 14.3 Å². The third-order valence-electron chi connectivity index (χ3n) is 4.06. The van der Waals surface area contributed by atoms with Crippen LogP contribution in [0.25, 0.3) is 0 Å². The van der Waals surface area contributed by atoms with Gasteiger partial charge in [-0.2, -0.15) is 0 Å². The zero-order chi connectivity index (χ0) is 19.3. The molecule has 0 radical (unpaired) electrons. The van der Waals surface area contributed by atoms with Gasteiger partial charge in [-0.15, -0.1) is 0 Å². The number of hydrogen-bond donors (Lipinski definition) is 3. The van der Waals surface area contributed by atoms with E-state index < -0.39 is 24.1 Å².